The van der Waals surface area contributed by atoms with Gasteiger partial charge in [0.1, 0.15) is 22.3 Å². The number of rotatable bonds is 4. The highest BCUT2D eigenvalue weighted by Gasteiger charge is 2.05. The molecule has 0 aliphatic carbocycles. The Bertz CT molecular complexity index is 568. The fourth-order valence-electron chi connectivity index (χ4n) is 1.59. The summed E-state index contributed by atoms with van der Waals surface area (Å²) in [5.41, 5.74) is 6.94. The van der Waals surface area contributed by atoms with E-state index in [0.717, 1.165) is 5.56 Å². The molecule has 0 spiro atoms. The molecule has 0 atom stereocenters. The topological polar surface area (TPSA) is 55.0 Å². The first-order valence-corrected chi connectivity index (χ1v) is 6.04. The third-order valence-corrected chi connectivity index (χ3v) is 2.82. The molecule has 2 rings (SSSR count). The number of aromatic nitrogens is 2. The van der Waals surface area contributed by atoms with E-state index in [2.05, 4.69) is 9.97 Å². The van der Waals surface area contributed by atoms with E-state index in [9.17, 15) is 4.39 Å². The zero-order chi connectivity index (χ0) is 13.8. The molecular formula is C13H13FN4S. The molecule has 0 aliphatic rings. The maximum atomic E-state index is 12.8. The highest BCUT2D eigenvalue weighted by molar-refractivity contribution is 7.80. The van der Waals surface area contributed by atoms with Gasteiger partial charge in [0.2, 0.25) is 0 Å². The van der Waals surface area contributed by atoms with Crippen LogP contribution in [0.1, 0.15) is 11.3 Å². The van der Waals surface area contributed by atoms with Crippen LogP contribution >= 0.6 is 12.2 Å². The molecular weight excluding hydrogens is 263 g/mol. The van der Waals surface area contributed by atoms with E-state index in [1.807, 2.05) is 11.9 Å². The Morgan fingerprint density at radius 2 is 1.95 bits per heavy atom. The van der Waals surface area contributed by atoms with E-state index >= 15 is 0 Å². The van der Waals surface area contributed by atoms with Gasteiger partial charge in [-0.2, -0.15) is 0 Å². The molecule has 0 aliphatic heterocycles. The Morgan fingerprint density at radius 1 is 1.26 bits per heavy atom. The summed E-state index contributed by atoms with van der Waals surface area (Å²) in [6, 6.07) is 6.35. The smallest absolute Gasteiger partial charge is 0.147 e. The van der Waals surface area contributed by atoms with E-state index in [0.29, 0.717) is 18.1 Å². The van der Waals surface area contributed by atoms with Crippen molar-refractivity contribution in [2.24, 2.45) is 5.73 Å². The van der Waals surface area contributed by atoms with Crippen LogP contribution in [0, 0.1) is 5.82 Å². The minimum atomic E-state index is -0.244. The summed E-state index contributed by atoms with van der Waals surface area (Å²) in [4.78, 5) is 10.5. The van der Waals surface area contributed by atoms with Gasteiger partial charge in [-0.25, -0.2) is 14.4 Å². The van der Waals surface area contributed by atoms with Crippen LogP contribution < -0.4 is 10.6 Å². The molecule has 4 nitrogen and oxygen atoms in total. The van der Waals surface area contributed by atoms with Crippen molar-refractivity contribution in [3.8, 4) is 0 Å². The number of benzene rings is 1. The standard InChI is InChI=1S/C13H13FN4S/c1-18(8-9-2-4-10(14)5-3-9)12-7-16-11(6-17-12)13(15)19/h2-7H,8H2,1H3,(H2,15,19). The summed E-state index contributed by atoms with van der Waals surface area (Å²) in [5, 5.41) is 0. The van der Waals surface area contributed by atoms with Gasteiger partial charge in [0, 0.05) is 13.6 Å². The quantitative estimate of drug-likeness (QED) is 0.864. The summed E-state index contributed by atoms with van der Waals surface area (Å²) >= 11 is 4.81. The van der Waals surface area contributed by atoms with Crippen LogP contribution in [0.3, 0.4) is 0 Å². The van der Waals surface area contributed by atoms with Gasteiger partial charge >= 0.3 is 0 Å². The van der Waals surface area contributed by atoms with Crippen molar-refractivity contribution in [3.05, 3.63) is 53.7 Å². The molecule has 0 bridgehead atoms. The molecule has 0 unspecified atom stereocenters. The molecule has 0 amide bonds. The van der Waals surface area contributed by atoms with Gasteiger partial charge in [-0.1, -0.05) is 24.4 Å². The fourth-order valence-corrected chi connectivity index (χ4v) is 1.70. The van der Waals surface area contributed by atoms with Crippen LogP contribution in [0.15, 0.2) is 36.7 Å². The van der Waals surface area contributed by atoms with Crippen molar-refractivity contribution in [3.63, 3.8) is 0 Å². The monoisotopic (exact) mass is 276 g/mol. The average molecular weight is 276 g/mol. The van der Waals surface area contributed by atoms with Crippen LogP contribution in [-0.4, -0.2) is 22.0 Å². The molecule has 19 heavy (non-hydrogen) atoms. The number of anilines is 1. The van der Waals surface area contributed by atoms with Crippen molar-refractivity contribution >= 4 is 23.0 Å². The Kier molecular flexibility index (Phi) is 4.01. The minimum absolute atomic E-state index is 0.222. The summed E-state index contributed by atoms with van der Waals surface area (Å²) in [6.07, 6.45) is 3.15. The van der Waals surface area contributed by atoms with Crippen molar-refractivity contribution in [1.82, 2.24) is 9.97 Å². The van der Waals surface area contributed by atoms with Crippen LogP contribution in [0.4, 0.5) is 10.2 Å². The average Bonchev–Trinajstić information content (AvgIpc) is 2.41. The molecule has 2 N–H and O–H groups in total. The Morgan fingerprint density at radius 3 is 2.47 bits per heavy atom. The van der Waals surface area contributed by atoms with Crippen molar-refractivity contribution < 1.29 is 4.39 Å². The zero-order valence-corrected chi connectivity index (χ0v) is 11.2. The molecule has 1 aromatic carbocycles. The van der Waals surface area contributed by atoms with Crippen LogP contribution in [-0.2, 0) is 6.54 Å². The molecule has 0 saturated heterocycles. The lowest BCUT2D eigenvalue weighted by atomic mass is 10.2. The van der Waals surface area contributed by atoms with Gasteiger partial charge in [-0.3, -0.25) is 0 Å². The SMILES string of the molecule is CN(Cc1ccc(F)cc1)c1cnc(C(N)=S)cn1. The van der Waals surface area contributed by atoms with Gasteiger partial charge in [0.05, 0.1) is 12.4 Å². The molecule has 0 saturated carbocycles. The van der Waals surface area contributed by atoms with E-state index in [-0.39, 0.29) is 10.8 Å². The molecule has 1 heterocycles. The Labute approximate surface area is 116 Å². The van der Waals surface area contributed by atoms with E-state index in [4.69, 9.17) is 18.0 Å². The first-order valence-electron chi connectivity index (χ1n) is 5.63. The predicted octanol–water partition coefficient (Wildman–Crippen LogP) is 1.89. The van der Waals surface area contributed by atoms with Gasteiger partial charge in [0.15, 0.2) is 0 Å². The summed E-state index contributed by atoms with van der Waals surface area (Å²) in [7, 11) is 1.88. The first-order chi connectivity index (χ1) is 9.06. The lowest BCUT2D eigenvalue weighted by Crippen LogP contribution is -2.19. The summed E-state index contributed by atoms with van der Waals surface area (Å²) < 4.78 is 12.8. The summed E-state index contributed by atoms with van der Waals surface area (Å²) in [5.74, 6) is 0.455. The molecule has 2 aromatic rings. The van der Waals surface area contributed by atoms with Crippen molar-refractivity contribution in [1.29, 1.82) is 0 Å². The zero-order valence-electron chi connectivity index (χ0n) is 10.4. The lowest BCUT2D eigenvalue weighted by molar-refractivity contribution is 0.627. The molecule has 0 radical (unpaired) electrons. The lowest BCUT2D eigenvalue weighted by Gasteiger charge is -2.17. The number of halogens is 1. The Hall–Kier alpha value is -2.08. The van der Waals surface area contributed by atoms with Gasteiger partial charge in [-0.05, 0) is 17.7 Å². The maximum Gasteiger partial charge on any atom is 0.147 e. The normalized spacial score (nSPS) is 10.2. The number of nitrogens with zero attached hydrogens (tertiary/aromatic N) is 3. The van der Waals surface area contributed by atoms with Crippen LogP contribution in [0.25, 0.3) is 0 Å². The minimum Gasteiger partial charge on any atom is -0.388 e. The van der Waals surface area contributed by atoms with Crippen LogP contribution in [0.2, 0.25) is 0 Å². The molecule has 98 valence electrons. The maximum absolute atomic E-state index is 12.8. The van der Waals surface area contributed by atoms with Crippen molar-refractivity contribution in [2.45, 2.75) is 6.54 Å². The van der Waals surface area contributed by atoms with E-state index in [1.165, 1.54) is 12.1 Å². The number of thiocarbonyl (C=S) groups is 1. The molecule has 1 aromatic heterocycles. The van der Waals surface area contributed by atoms with E-state index < -0.39 is 0 Å². The second kappa shape index (κ2) is 5.71. The highest BCUT2D eigenvalue weighted by Crippen LogP contribution is 2.12. The summed E-state index contributed by atoms with van der Waals surface area (Å²) in [6.45, 7) is 0.612. The van der Waals surface area contributed by atoms with E-state index in [1.54, 1.807) is 24.5 Å². The predicted molar refractivity (Wildman–Crippen MR) is 76.4 cm³/mol. The molecule has 0 fully saturated rings. The van der Waals surface area contributed by atoms with Crippen LogP contribution in [0.5, 0.6) is 0 Å². The highest BCUT2D eigenvalue weighted by atomic mass is 32.1. The van der Waals surface area contributed by atoms with Gasteiger partial charge < -0.3 is 10.6 Å². The first kappa shape index (κ1) is 13.4. The second-order valence-electron chi connectivity index (χ2n) is 4.11. The number of nitrogens with two attached hydrogens (primary N) is 1. The van der Waals surface area contributed by atoms with Crippen molar-refractivity contribution in [2.75, 3.05) is 11.9 Å². The number of hydrogen-bond donors (Lipinski definition) is 1. The third kappa shape index (κ3) is 3.45. The molecule has 6 heteroatoms. The van der Waals surface area contributed by atoms with Gasteiger partial charge in [0.25, 0.3) is 0 Å². The number of hydrogen-bond acceptors (Lipinski definition) is 4. The largest absolute Gasteiger partial charge is 0.388 e. The van der Waals surface area contributed by atoms with Gasteiger partial charge in [-0.15, -0.1) is 0 Å². The second-order valence-corrected chi connectivity index (χ2v) is 4.55. The Balaban J connectivity index is 2.09. The fraction of sp³-hybridized carbons (Fsp3) is 0.154. The third-order valence-electron chi connectivity index (χ3n) is 2.61.